The van der Waals surface area contributed by atoms with Gasteiger partial charge in [0, 0.05) is 18.2 Å². The maximum absolute atomic E-state index is 13.2. The van der Waals surface area contributed by atoms with Gasteiger partial charge >= 0.3 is 0 Å². The Balaban J connectivity index is 1.44. The predicted octanol–water partition coefficient (Wildman–Crippen LogP) is 4.72. The Labute approximate surface area is 193 Å². The number of hydrogen-bond acceptors (Lipinski definition) is 4. The Hall–Kier alpha value is -2.15. The number of rotatable bonds is 7. The molecule has 174 valence electrons. The number of hydrogen-bond donors (Lipinski definition) is 2. The molecule has 0 aliphatic heterocycles. The lowest BCUT2D eigenvalue weighted by Crippen LogP contribution is -2.59. The number of amides is 2. The molecule has 8 heteroatoms. The quantitative estimate of drug-likeness (QED) is 0.453. The third-order valence-corrected chi connectivity index (χ3v) is 8.32. The Morgan fingerprint density at radius 3 is 2.09 bits per heavy atom. The summed E-state index contributed by atoms with van der Waals surface area (Å²) in [5.41, 5.74) is 0.108. The van der Waals surface area contributed by atoms with Crippen molar-refractivity contribution in [3.05, 3.63) is 38.9 Å². The summed E-state index contributed by atoms with van der Waals surface area (Å²) >= 11 is 6.11. The monoisotopic (exact) mass is 461 g/mol. The van der Waals surface area contributed by atoms with Crippen LogP contribution in [0.2, 0.25) is 5.02 Å². The molecule has 2 N–H and O–H groups in total. The number of benzene rings is 1. The molecular weight excluding hydrogens is 430 g/mol. The zero-order chi connectivity index (χ0) is 23.2. The summed E-state index contributed by atoms with van der Waals surface area (Å²) in [5.74, 6) is 1.57. The molecule has 4 fully saturated rings. The van der Waals surface area contributed by atoms with Gasteiger partial charge in [0.25, 0.3) is 11.6 Å². The highest BCUT2D eigenvalue weighted by atomic mass is 35.5. The summed E-state index contributed by atoms with van der Waals surface area (Å²) in [6, 6.07) is 3.05. The van der Waals surface area contributed by atoms with Crippen LogP contribution >= 0.6 is 11.6 Å². The van der Waals surface area contributed by atoms with Crippen LogP contribution in [0.1, 0.15) is 69.7 Å². The van der Waals surface area contributed by atoms with Gasteiger partial charge < -0.3 is 10.6 Å². The minimum Gasteiger partial charge on any atom is -0.351 e. The summed E-state index contributed by atoms with van der Waals surface area (Å²) in [6.45, 7) is 5.90. The van der Waals surface area contributed by atoms with Gasteiger partial charge in [-0.1, -0.05) is 25.4 Å². The number of nitro benzene ring substituents is 1. The van der Waals surface area contributed by atoms with Crippen molar-refractivity contribution in [2.45, 2.75) is 71.4 Å². The fourth-order valence-electron chi connectivity index (χ4n) is 6.72. The number of nitrogens with one attached hydrogen (secondary N) is 2. The zero-order valence-corrected chi connectivity index (χ0v) is 19.7. The van der Waals surface area contributed by atoms with E-state index in [0.29, 0.717) is 0 Å². The van der Waals surface area contributed by atoms with E-state index in [1.165, 1.54) is 50.7 Å². The highest BCUT2D eigenvalue weighted by Gasteiger charge is 2.53. The molecule has 1 aromatic carbocycles. The topological polar surface area (TPSA) is 101 Å². The Bertz CT molecular complexity index is 897. The summed E-state index contributed by atoms with van der Waals surface area (Å²) < 4.78 is 0. The molecule has 4 bridgehead atoms. The first kappa shape index (κ1) is 23.0. The Morgan fingerprint density at radius 2 is 1.62 bits per heavy atom. The SMILES string of the molecule is CC(C)C(NC(=O)c1ccc([N+](=O)[O-])cc1Cl)C(=O)NC(C)C12CC3CC(CC(C3)C1)C2. The first-order valence-electron chi connectivity index (χ1n) is 11.6. The summed E-state index contributed by atoms with van der Waals surface area (Å²) in [4.78, 5) is 36.4. The number of halogens is 1. The molecular formula is C24H32ClN3O4. The summed E-state index contributed by atoms with van der Waals surface area (Å²) in [6.07, 6.45) is 7.62. The van der Waals surface area contributed by atoms with E-state index < -0.39 is 16.9 Å². The lowest BCUT2D eigenvalue weighted by Gasteiger charge is -2.59. The smallest absolute Gasteiger partial charge is 0.270 e. The summed E-state index contributed by atoms with van der Waals surface area (Å²) in [7, 11) is 0. The van der Waals surface area contributed by atoms with Crippen molar-refractivity contribution < 1.29 is 14.5 Å². The molecule has 32 heavy (non-hydrogen) atoms. The molecule has 0 heterocycles. The zero-order valence-electron chi connectivity index (χ0n) is 18.9. The van der Waals surface area contributed by atoms with Crippen molar-refractivity contribution >= 4 is 29.1 Å². The molecule has 7 nitrogen and oxygen atoms in total. The lowest BCUT2D eigenvalue weighted by molar-refractivity contribution is -0.384. The van der Waals surface area contributed by atoms with E-state index in [0.717, 1.165) is 23.8 Å². The third kappa shape index (κ3) is 4.36. The molecule has 2 unspecified atom stereocenters. The van der Waals surface area contributed by atoms with Crippen LogP contribution in [-0.4, -0.2) is 28.8 Å². The van der Waals surface area contributed by atoms with Gasteiger partial charge in [-0.25, -0.2) is 0 Å². The lowest BCUT2D eigenvalue weighted by atomic mass is 9.48. The minimum atomic E-state index is -0.717. The standard InChI is InChI=1S/C24H32ClN3O4/c1-13(2)21(27-22(29)19-5-4-18(28(31)32)9-20(19)25)23(30)26-14(3)24-10-15-6-16(11-24)8-17(7-15)12-24/h4-5,9,13-17,21H,6-8,10-12H2,1-3H3,(H,26,30)(H,27,29). The molecule has 0 saturated heterocycles. The maximum Gasteiger partial charge on any atom is 0.270 e. The van der Waals surface area contributed by atoms with Crippen LogP contribution in [-0.2, 0) is 4.79 Å². The van der Waals surface area contributed by atoms with Crippen LogP contribution in [0.3, 0.4) is 0 Å². The molecule has 4 aliphatic rings. The predicted molar refractivity (Wildman–Crippen MR) is 122 cm³/mol. The second-order valence-electron chi connectivity index (χ2n) is 10.6. The number of non-ortho nitro benzene ring substituents is 1. The molecule has 4 aliphatic carbocycles. The van der Waals surface area contributed by atoms with Crippen LogP contribution in [0.4, 0.5) is 5.69 Å². The van der Waals surface area contributed by atoms with E-state index in [1.54, 1.807) is 0 Å². The number of nitrogens with zero attached hydrogens (tertiary/aromatic N) is 1. The van der Waals surface area contributed by atoms with Gasteiger partial charge in [0.05, 0.1) is 15.5 Å². The number of carbonyl (C=O) groups excluding carboxylic acids is 2. The van der Waals surface area contributed by atoms with Crippen LogP contribution < -0.4 is 10.6 Å². The Kier molecular flexibility index (Phi) is 6.23. The normalized spacial score (nSPS) is 30.1. The molecule has 4 saturated carbocycles. The van der Waals surface area contributed by atoms with Gasteiger partial charge in [0.15, 0.2) is 0 Å². The van der Waals surface area contributed by atoms with Gasteiger partial charge in [-0.15, -0.1) is 0 Å². The van der Waals surface area contributed by atoms with Crippen LogP contribution in [0.5, 0.6) is 0 Å². The van der Waals surface area contributed by atoms with Gasteiger partial charge in [0.2, 0.25) is 5.91 Å². The molecule has 2 amide bonds. The van der Waals surface area contributed by atoms with Crippen molar-refractivity contribution in [3.8, 4) is 0 Å². The molecule has 0 radical (unpaired) electrons. The van der Waals surface area contributed by atoms with Crippen molar-refractivity contribution in [1.82, 2.24) is 10.6 Å². The fraction of sp³-hybridized carbons (Fsp3) is 0.667. The number of nitro groups is 1. The highest BCUT2D eigenvalue weighted by Crippen LogP contribution is 2.61. The van der Waals surface area contributed by atoms with Crippen molar-refractivity contribution in [1.29, 1.82) is 0 Å². The molecule has 0 aromatic heterocycles. The van der Waals surface area contributed by atoms with Gasteiger partial charge in [-0.3, -0.25) is 19.7 Å². The van der Waals surface area contributed by atoms with Crippen LogP contribution in [0, 0.1) is 39.2 Å². The second kappa shape index (κ2) is 8.65. The van der Waals surface area contributed by atoms with E-state index in [-0.39, 0.29) is 39.6 Å². The van der Waals surface area contributed by atoms with Crippen molar-refractivity contribution in [2.24, 2.45) is 29.1 Å². The first-order chi connectivity index (χ1) is 15.1. The summed E-state index contributed by atoms with van der Waals surface area (Å²) in [5, 5.41) is 16.9. The largest absolute Gasteiger partial charge is 0.351 e. The average Bonchev–Trinajstić information content (AvgIpc) is 2.70. The van der Waals surface area contributed by atoms with E-state index in [1.807, 2.05) is 13.8 Å². The number of carbonyl (C=O) groups is 2. The van der Waals surface area contributed by atoms with E-state index >= 15 is 0 Å². The van der Waals surface area contributed by atoms with Crippen molar-refractivity contribution in [3.63, 3.8) is 0 Å². The van der Waals surface area contributed by atoms with Crippen LogP contribution in [0.25, 0.3) is 0 Å². The van der Waals surface area contributed by atoms with E-state index in [9.17, 15) is 19.7 Å². The van der Waals surface area contributed by atoms with Gasteiger partial charge in [0.1, 0.15) is 6.04 Å². The minimum absolute atomic E-state index is 0.0125. The molecule has 0 spiro atoms. The van der Waals surface area contributed by atoms with Crippen molar-refractivity contribution in [2.75, 3.05) is 0 Å². The maximum atomic E-state index is 13.2. The molecule has 5 rings (SSSR count). The van der Waals surface area contributed by atoms with E-state index in [2.05, 4.69) is 17.6 Å². The van der Waals surface area contributed by atoms with Gasteiger partial charge in [-0.05, 0) is 80.6 Å². The van der Waals surface area contributed by atoms with Crippen LogP contribution in [0.15, 0.2) is 18.2 Å². The molecule has 1 aromatic rings. The average molecular weight is 462 g/mol. The van der Waals surface area contributed by atoms with E-state index in [4.69, 9.17) is 11.6 Å². The highest BCUT2D eigenvalue weighted by molar-refractivity contribution is 6.34. The molecule has 2 atom stereocenters. The first-order valence-corrected chi connectivity index (χ1v) is 12.0. The Morgan fingerprint density at radius 1 is 1.06 bits per heavy atom. The van der Waals surface area contributed by atoms with Gasteiger partial charge in [-0.2, -0.15) is 0 Å². The second-order valence-corrected chi connectivity index (χ2v) is 11.0. The fourth-order valence-corrected chi connectivity index (χ4v) is 6.98. The third-order valence-electron chi connectivity index (χ3n) is 8.01.